The average Bonchev–Trinajstić information content (AvgIpc) is 2.35. The molecule has 2 atom stereocenters. The number of benzene rings is 1. The Hall–Kier alpha value is -0.940. The molecule has 0 bridgehead atoms. The summed E-state index contributed by atoms with van der Waals surface area (Å²) in [5.74, 6) is 0. The minimum atomic E-state index is -0.773. The molecule has 1 aromatic carbocycles. The van der Waals surface area contributed by atoms with Crippen LogP contribution in [0.2, 0.25) is 0 Å². The van der Waals surface area contributed by atoms with Crippen LogP contribution in [0.1, 0.15) is 5.56 Å². The Morgan fingerprint density at radius 2 is 1.75 bits per heavy atom. The first-order chi connectivity index (χ1) is 7.76. The third-order valence-electron chi connectivity index (χ3n) is 2.40. The molecule has 0 aromatic heterocycles. The Morgan fingerprint density at radius 1 is 1.06 bits per heavy atom. The van der Waals surface area contributed by atoms with Gasteiger partial charge < -0.3 is 20.6 Å². The third-order valence-corrected chi connectivity index (χ3v) is 2.40. The average molecular weight is 225 g/mol. The number of aliphatic hydroxyl groups excluding tert-OH is 3. The van der Waals surface area contributed by atoms with E-state index in [-0.39, 0.29) is 25.8 Å². The highest BCUT2D eigenvalue weighted by atomic mass is 16.3. The first-order valence-corrected chi connectivity index (χ1v) is 5.43. The van der Waals surface area contributed by atoms with Crippen molar-refractivity contribution in [3.63, 3.8) is 0 Å². The minimum Gasteiger partial charge on any atom is -0.395 e. The van der Waals surface area contributed by atoms with Gasteiger partial charge in [-0.15, -0.1) is 0 Å². The maximum absolute atomic E-state index is 9.17. The van der Waals surface area contributed by atoms with Crippen molar-refractivity contribution in [2.24, 2.45) is 0 Å². The van der Waals surface area contributed by atoms with Crippen molar-refractivity contribution in [3.05, 3.63) is 35.9 Å². The summed E-state index contributed by atoms with van der Waals surface area (Å²) in [6, 6.07) is 9.74. The van der Waals surface area contributed by atoms with Crippen molar-refractivity contribution in [2.75, 3.05) is 19.8 Å². The molecule has 4 N–H and O–H groups in total. The number of hydrogen-bond acceptors (Lipinski definition) is 4. The van der Waals surface area contributed by atoms with E-state index in [1.165, 1.54) is 0 Å². The van der Waals surface area contributed by atoms with Gasteiger partial charge in [-0.3, -0.25) is 0 Å². The zero-order chi connectivity index (χ0) is 11.8. The van der Waals surface area contributed by atoms with E-state index >= 15 is 0 Å². The molecule has 0 aliphatic carbocycles. The van der Waals surface area contributed by atoms with E-state index in [1.54, 1.807) is 0 Å². The molecule has 0 saturated carbocycles. The number of nitrogens with one attached hydrogen (secondary N) is 1. The van der Waals surface area contributed by atoms with Crippen LogP contribution in [0, 0.1) is 0 Å². The molecule has 0 spiro atoms. The van der Waals surface area contributed by atoms with E-state index in [1.807, 2.05) is 30.3 Å². The topological polar surface area (TPSA) is 72.7 Å². The minimum absolute atomic E-state index is 0.00699. The van der Waals surface area contributed by atoms with Crippen molar-refractivity contribution in [1.82, 2.24) is 5.32 Å². The molecular formula is C12H19NO3. The molecule has 1 rings (SSSR count). The second-order valence-electron chi connectivity index (χ2n) is 3.81. The highest BCUT2D eigenvalue weighted by Crippen LogP contribution is 2.02. The lowest BCUT2D eigenvalue weighted by Crippen LogP contribution is -2.40. The van der Waals surface area contributed by atoms with Crippen molar-refractivity contribution in [3.8, 4) is 0 Å². The van der Waals surface area contributed by atoms with Crippen LogP contribution in [0.5, 0.6) is 0 Å². The Bertz CT molecular complexity index is 279. The van der Waals surface area contributed by atoms with E-state index in [0.717, 1.165) is 5.56 Å². The van der Waals surface area contributed by atoms with Crippen LogP contribution in [0.25, 0.3) is 0 Å². The van der Waals surface area contributed by atoms with Gasteiger partial charge >= 0.3 is 0 Å². The van der Waals surface area contributed by atoms with Gasteiger partial charge in [0.25, 0.3) is 0 Å². The van der Waals surface area contributed by atoms with Crippen LogP contribution in [0.3, 0.4) is 0 Å². The van der Waals surface area contributed by atoms with Crippen LogP contribution in [0.4, 0.5) is 0 Å². The van der Waals surface area contributed by atoms with Gasteiger partial charge in [0.2, 0.25) is 0 Å². The molecule has 4 nitrogen and oxygen atoms in total. The summed E-state index contributed by atoms with van der Waals surface area (Å²) in [4.78, 5) is 0. The lowest BCUT2D eigenvalue weighted by molar-refractivity contribution is 0.0888. The molecule has 0 aliphatic heterocycles. The van der Waals surface area contributed by atoms with Crippen molar-refractivity contribution < 1.29 is 15.3 Å². The predicted molar refractivity (Wildman–Crippen MR) is 62.1 cm³/mol. The molecule has 0 aliphatic rings. The summed E-state index contributed by atoms with van der Waals surface area (Å²) in [5.41, 5.74) is 1.13. The molecule has 1 aromatic rings. The molecule has 4 heteroatoms. The molecule has 0 heterocycles. The third kappa shape index (κ3) is 4.72. The standard InChI is InChI=1S/C12H19NO3/c14-8-11(13-7-12(16)9-15)6-10-4-2-1-3-5-10/h1-5,11-16H,6-9H2/t11?,12-/m0/s1. The highest BCUT2D eigenvalue weighted by Gasteiger charge is 2.09. The Kier molecular flexibility index (Phi) is 6.03. The zero-order valence-electron chi connectivity index (χ0n) is 9.21. The fraction of sp³-hybridized carbons (Fsp3) is 0.500. The van der Waals surface area contributed by atoms with Crippen LogP contribution in [-0.4, -0.2) is 47.2 Å². The van der Waals surface area contributed by atoms with Gasteiger partial charge in [0.15, 0.2) is 0 Å². The summed E-state index contributed by atoms with van der Waals surface area (Å²) in [7, 11) is 0. The van der Waals surface area contributed by atoms with E-state index in [0.29, 0.717) is 6.42 Å². The highest BCUT2D eigenvalue weighted by molar-refractivity contribution is 5.15. The normalized spacial score (nSPS) is 14.7. The van der Waals surface area contributed by atoms with Crippen LogP contribution >= 0.6 is 0 Å². The van der Waals surface area contributed by atoms with Crippen LogP contribution in [-0.2, 0) is 6.42 Å². The van der Waals surface area contributed by atoms with Gasteiger partial charge in [-0.1, -0.05) is 30.3 Å². The second kappa shape index (κ2) is 7.35. The second-order valence-corrected chi connectivity index (χ2v) is 3.81. The van der Waals surface area contributed by atoms with E-state index in [2.05, 4.69) is 5.32 Å². The SMILES string of the molecule is OCC(Cc1ccccc1)NC[C@H](O)CO. The van der Waals surface area contributed by atoms with Crippen molar-refractivity contribution in [1.29, 1.82) is 0 Å². The molecule has 90 valence electrons. The predicted octanol–water partition coefficient (Wildman–Crippen LogP) is -0.467. The fourth-order valence-corrected chi connectivity index (χ4v) is 1.47. The number of aliphatic hydroxyl groups is 3. The fourth-order valence-electron chi connectivity index (χ4n) is 1.47. The summed E-state index contributed by atoms with van der Waals surface area (Å²) >= 11 is 0. The van der Waals surface area contributed by atoms with Crippen molar-refractivity contribution >= 4 is 0 Å². The maximum atomic E-state index is 9.17. The van der Waals surface area contributed by atoms with Gasteiger partial charge in [0, 0.05) is 12.6 Å². The van der Waals surface area contributed by atoms with E-state index in [9.17, 15) is 5.11 Å². The molecule has 0 saturated heterocycles. The molecule has 0 fully saturated rings. The summed E-state index contributed by atoms with van der Waals surface area (Å²) in [5, 5.41) is 30.0. The summed E-state index contributed by atoms with van der Waals surface area (Å²) < 4.78 is 0. The Balaban J connectivity index is 2.37. The Morgan fingerprint density at radius 3 is 2.31 bits per heavy atom. The van der Waals surface area contributed by atoms with Crippen molar-refractivity contribution in [2.45, 2.75) is 18.6 Å². The summed E-state index contributed by atoms with van der Waals surface area (Å²) in [6.07, 6.45) is -0.0695. The van der Waals surface area contributed by atoms with Crippen LogP contribution < -0.4 is 5.32 Å². The monoisotopic (exact) mass is 225 g/mol. The van der Waals surface area contributed by atoms with Gasteiger partial charge in [0.1, 0.15) is 0 Å². The van der Waals surface area contributed by atoms with Gasteiger partial charge in [0.05, 0.1) is 19.3 Å². The van der Waals surface area contributed by atoms with Gasteiger partial charge in [-0.2, -0.15) is 0 Å². The van der Waals surface area contributed by atoms with E-state index in [4.69, 9.17) is 10.2 Å². The van der Waals surface area contributed by atoms with Gasteiger partial charge in [-0.25, -0.2) is 0 Å². The smallest absolute Gasteiger partial charge is 0.0895 e. The Labute approximate surface area is 95.6 Å². The number of rotatable bonds is 7. The molecule has 1 unspecified atom stereocenters. The molecule has 16 heavy (non-hydrogen) atoms. The van der Waals surface area contributed by atoms with Gasteiger partial charge in [-0.05, 0) is 12.0 Å². The largest absolute Gasteiger partial charge is 0.395 e. The molecular weight excluding hydrogens is 206 g/mol. The first kappa shape index (κ1) is 13.1. The van der Waals surface area contributed by atoms with Crippen LogP contribution in [0.15, 0.2) is 30.3 Å². The first-order valence-electron chi connectivity index (χ1n) is 5.43. The lowest BCUT2D eigenvalue weighted by atomic mass is 10.1. The maximum Gasteiger partial charge on any atom is 0.0895 e. The zero-order valence-corrected chi connectivity index (χ0v) is 9.21. The lowest BCUT2D eigenvalue weighted by Gasteiger charge is -2.18. The van der Waals surface area contributed by atoms with E-state index < -0.39 is 6.10 Å². The molecule has 0 amide bonds. The quantitative estimate of drug-likeness (QED) is 0.506. The molecule has 0 radical (unpaired) electrons. The summed E-state index contributed by atoms with van der Waals surface area (Å²) in [6.45, 7) is 0.0259. The number of hydrogen-bond donors (Lipinski definition) is 4.